The van der Waals surface area contributed by atoms with Crippen LogP contribution in [0.2, 0.25) is 0 Å². The molecule has 10 heteroatoms. The minimum atomic E-state index is 0.505. The molecule has 0 aliphatic carbocycles. The molecule has 6 heterocycles. The lowest BCUT2D eigenvalue weighted by atomic mass is 10.1. The molecule has 0 atom stereocenters. The molecular weight excluding hydrogens is 873 g/mol. The van der Waals surface area contributed by atoms with Crippen molar-refractivity contribution in [3.8, 4) is 46.6 Å². The maximum atomic E-state index is 5.39. The van der Waals surface area contributed by atoms with Crippen molar-refractivity contribution >= 4 is 87.2 Å². The molecule has 0 amide bonds. The van der Waals surface area contributed by atoms with E-state index < -0.39 is 0 Å². The molecule has 0 aliphatic rings. The van der Waals surface area contributed by atoms with Crippen molar-refractivity contribution in [2.45, 2.75) is 6.92 Å². The van der Waals surface area contributed by atoms with Crippen molar-refractivity contribution in [2.24, 2.45) is 0 Å². The Kier molecular flexibility index (Phi) is 8.34. The Hall–Kier alpha value is -9.80. The second-order valence-corrected chi connectivity index (χ2v) is 18.1. The number of para-hydroxylation sites is 7. The lowest BCUT2D eigenvalue weighted by molar-refractivity contribution is 0.891. The molecule has 0 fully saturated rings. The molecule has 71 heavy (non-hydrogen) atoms. The SMILES string of the molecule is Cc1ccc2c(c1)c1ccccc1n2-c1nc(-c2cccc(-c3nc(-n4c5ccccc5c5ccccc54)nc(-n4c5ccccc5c5ccccc54)n3)c2)nc(-n2c3ccccc3c3ccccc32)n1. The van der Waals surface area contributed by atoms with E-state index in [1.165, 1.54) is 5.56 Å². The number of hydrogen-bond acceptors (Lipinski definition) is 6. The van der Waals surface area contributed by atoms with Crippen LogP contribution in [0.5, 0.6) is 0 Å². The predicted molar refractivity (Wildman–Crippen MR) is 286 cm³/mol. The van der Waals surface area contributed by atoms with Gasteiger partial charge in [0, 0.05) is 54.2 Å². The first-order valence-electron chi connectivity index (χ1n) is 23.7. The first-order chi connectivity index (χ1) is 35.1. The maximum absolute atomic E-state index is 5.39. The van der Waals surface area contributed by atoms with Crippen LogP contribution in [0.4, 0.5) is 0 Å². The molecular formula is C61H38N10. The van der Waals surface area contributed by atoms with E-state index >= 15 is 0 Å². The highest BCUT2D eigenvalue weighted by atomic mass is 15.3. The summed E-state index contributed by atoms with van der Waals surface area (Å²) in [5, 5.41) is 8.98. The molecule has 15 aromatic rings. The third kappa shape index (κ3) is 5.88. The van der Waals surface area contributed by atoms with Gasteiger partial charge in [-0.05, 0) is 67.6 Å². The number of aryl methyl sites for hydroxylation is 1. The van der Waals surface area contributed by atoms with Crippen LogP contribution in [0.1, 0.15) is 5.56 Å². The van der Waals surface area contributed by atoms with Crippen molar-refractivity contribution in [1.29, 1.82) is 0 Å². The van der Waals surface area contributed by atoms with Crippen LogP contribution in [0.25, 0.3) is 134 Å². The third-order valence-electron chi connectivity index (χ3n) is 14.0. The van der Waals surface area contributed by atoms with Gasteiger partial charge in [-0.2, -0.15) is 29.9 Å². The molecule has 0 bridgehead atoms. The average Bonchev–Trinajstić information content (AvgIpc) is 4.16. The fraction of sp³-hybridized carbons (Fsp3) is 0.0164. The van der Waals surface area contributed by atoms with Gasteiger partial charge in [-0.25, -0.2) is 0 Å². The predicted octanol–water partition coefficient (Wildman–Crippen LogP) is 14.1. The minimum absolute atomic E-state index is 0.505. The summed E-state index contributed by atoms with van der Waals surface area (Å²) in [7, 11) is 0. The lowest BCUT2D eigenvalue weighted by Gasteiger charge is -2.14. The van der Waals surface area contributed by atoms with Crippen LogP contribution in [0.3, 0.4) is 0 Å². The van der Waals surface area contributed by atoms with Crippen molar-refractivity contribution in [1.82, 2.24) is 48.2 Å². The summed E-state index contributed by atoms with van der Waals surface area (Å²) in [6.07, 6.45) is 0. The fourth-order valence-corrected chi connectivity index (χ4v) is 10.9. The van der Waals surface area contributed by atoms with Gasteiger partial charge in [0.1, 0.15) is 0 Å². The van der Waals surface area contributed by atoms with Crippen LogP contribution in [-0.2, 0) is 0 Å². The number of aromatic nitrogens is 10. The summed E-state index contributed by atoms with van der Waals surface area (Å²) in [5.41, 5.74) is 10.8. The molecule has 0 spiro atoms. The first kappa shape index (κ1) is 39.2. The van der Waals surface area contributed by atoms with E-state index in [0.717, 1.165) is 98.4 Å². The van der Waals surface area contributed by atoms with Gasteiger partial charge in [-0.1, -0.05) is 157 Å². The van der Waals surface area contributed by atoms with E-state index in [1.807, 2.05) is 6.07 Å². The smallest absolute Gasteiger partial charge is 0.240 e. The number of fused-ring (bicyclic) bond motifs is 12. The summed E-state index contributed by atoms with van der Waals surface area (Å²) in [6, 6.07) is 73.8. The Labute approximate surface area is 405 Å². The van der Waals surface area contributed by atoms with Gasteiger partial charge in [0.15, 0.2) is 11.6 Å². The molecule has 10 nitrogen and oxygen atoms in total. The van der Waals surface area contributed by atoms with Gasteiger partial charge >= 0.3 is 0 Å². The van der Waals surface area contributed by atoms with Gasteiger partial charge in [0.05, 0.1) is 44.1 Å². The standard InChI is InChI=1S/C61H38N10/c1-37-33-34-55-47(35-37)46-25-8-15-32-54(46)71(55)61-65-57(64-60(67-61)70-52-30-13-6-23-44(52)45-24-7-14-31-53(45)70)39-18-16-17-38(36-39)56-62-58(68-48-26-9-2-19-40(48)41-20-3-10-27-49(41)68)66-59(63-56)69-50-28-11-4-21-42(50)43-22-5-12-29-51(43)69/h2-36H,1H3. The van der Waals surface area contributed by atoms with Gasteiger partial charge in [-0.15, -0.1) is 0 Å². The molecule has 0 radical (unpaired) electrons. The van der Waals surface area contributed by atoms with Gasteiger partial charge in [0.25, 0.3) is 0 Å². The maximum Gasteiger partial charge on any atom is 0.240 e. The van der Waals surface area contributed by atoms with Gasteiger partial charge < -0.3 is 0 Å². The van der Waals surface area contributed by atoms with Crippen molar-refractivity contribution in [3.63, 3.8) is 0 Å². The normalized spacial score (nSPS) is 12.0. The van der Waals surface area contributed by atoms with E-state index in [0.29, 0.717) is 35.4 Å². The number of nitrogens with zero attached hydrogens (tertiary/aromatic N) is 10. The minimum Gasteiger partial charge on any atom is -0.278 e. The van der Waals surface area contributed by atoms with E-state index in [4.69, 9.17) is 29.9 Å². The summed E-state index contributed by atoms with van der Waals surface area (Å²) in [6.45, 7) is 2.13. The summed E-state index contributed by atoms with van der Waals surface area (Å²) in [5.74, 6) is 3.04. The summed E-state index contributed by atoms with van der Waals surface area (Å²) in [4.78, 5) is 32.3. The molecule has 6 aromatic heterocycles. The van der Waals surface area contributed by atoms with Gasteiger partial charge in [0.2, 0.25) is 23.8 Å². The highest BCUT2D eigenvalue weighted by molar-refractivity contribution is 6.12. The zero-order valence-electron chi connectivity index (χ0n) is 38.2. The van der Waals surface area contributed by atoms with Crippen molar-refractivity contribution in [3.05, 3.63) is 218 Å². The second kappa shape index (κ2) is 15.1. The Morgan fingerprint density at radius 1 is 0.239 bits per heavy atom. The first-order valence-corrected chi connectivity index (χ1v) is 23.7. The van der Waals surface area contributed by atoms with E-state index in [1.54, 1.807) is 0 Å². The molecule has 0 N–H and O–H groups in total. The van der Waals surface area contributed by atoms with Crippen LogP contribution in [0, 0.1) is 6.92 Å². The molecule has 0 unspecified atom stereocenters. The fourth-order valence-electron chi connectivity index (χ4n) is 10.9. The molecule has 332 valence electrons. The zero-order chi connectivity index (χ0) is 46.7. The van der Waals surface area contributed by atoms with Crippen LogP contribution in [-0.4, -0.2) is 48.2 Å². The second-order valence-electron chi connectivity index (χ2n) is 18.1. The molecule has 9 aromatic carbocycles. The largest absolute Gasteiger partial charge is 0.278 e. The highest BCUT2D eigenvalue weighted by Crippen LogP contribution is 2.37. The van der Waals surface area contributed by atoms with Gasteiger partial charge in [-0.3, -0.25) is 18.3 Å². The summed E-state index contributed by atoms with van der Waals surface area (Å²) < 4.78 is 8.63. The van der Waals surface area contributed by atoms with E-state index in [2.05, 4.69) is 231 Å². The summed E-state index contributed by atoms with van der Waals surface area (Å²) >= 11 is 0. The number of hydrogen-bond donors (Lipinski definition) is 0. The Bertz CT molecular complexity index is 4390. The number of rotatable bonds is 6. The average molecular weight is 911 g/mol. The Morgan fingerprint density at radius 3 is 0.817 bits per heavy atom. The quantitative estimate of drug-likeness (QED) is 0.165. The Balaban J connectivity index is 0.994. The van der Waals surface area contributed by atoms with E-state index in [9.17, 15) is 0 Å². The number of benzene rings is 9. The third-order valence-corrected chi connectivity index (χ3v) is 14.0. The Morgan fingerprint density at radius 2 is 0.507 bits per heavy atom. The topological polar surface area (TPSA) is 97.1 Å². The van der Waals surface area contributed by atoms with Crippen molar-refractivity contribution < 1.29 is 0 Å². The van der Waals surface area contributed by atoms with Crippen molar-refractivity contribution in [2.75, 3.05) is 0 Å². The zero-order valence-corrected chi connectivity index (χ0v) is 38.2. The molecule has 15 rings (SSSR count). The molecule has 0 aliphatic heterocycles. The molecule has 0 saturated heterocycles. The van der Waals surface area contributed by atoms with Crippen LogP contribution >= 0.6 is 0 Å². The van der Waals surface area contributed by atoms with Crippen LogP contribution in [0.15, 0.2) is 212 Å². The monoisotopic (exact) mass is 910 g/mol. The van der Waals surface area contributed by atoms with E-state index in [-0.39, 0.29) is 0 Å². The molecule has 0 saturated carbocycles. The lowest BCUT2D eigenvalue weighted by Crippen LogP contribution is -2.11. The van der Waals surface area contributed by atoms with Crippen LogP contribution < -0.4 is 0 Å². The highest BCUT2D eigenvalue weighted by Gasteiger charge is 2.23.